The highest BCUT2D eigenvalue weighted by Gasteiger charge is 2.24. The zero-order valence-corrected chi connectivity index (χ0v) is 19.5. The first-order valence-corrected chi connectivity index (χ1v) is 11.5. The van der Waals surface area contributed by atoms with E-state index in [0.29, 0.717) is 22.0 Å². The Bertz CT molecular complexity index is 1260. The minimum absolute atomic E-state index is 0.0315. The second-order valence-electron chi connectivity index (χ2n) is 8.30. The second kappa shape index (κ2) is 10.7. The number of nitrogens with two attached hydrogens (primary N) is 2. The van der Waals surface area contributed by atoms with Gasteiger partial charge in [0.2, 0.25) is 0 Å². The van der Waals surface area contributed by atoms with E-state index in [9.17, 15) is 14.0 Å². The monoisotopic (exact) mass is 497 g/mol. The standard InChI is InChI=1S/C24H25ClFN7O2/c25-17-6-2-1-5-15(17)24(35)31-14-9-13(11-29-12-14)30-22-16(21(28)34)10-18(26)23(33-22)32-20-8-4-3-7-19(20)27/h1-2,5-6,9-12,19-20H,3-4,7-8,27H2,(H2,28,34)(H,31,35)(H2,30,32,33)/t19-,20+/m0/s1. The molecule has 2 aromatic heterocycles. The quantitative estimate of drug-likeness (QED) is 0.330. The van der Waals surface area contributed by atoms with Crippen molar-refractivity contribution in [3.8, 4) is 0 Å². The third-order valence-corrected chi connectivity index (χ3v) is 6.09. The van der Waals surface area contributed by atoms with E-state index in [1.807, 2.05) is 0 Å². The Balaban J connectivity index is 1.57. The number of pyridine rings is 2. The lowest BCUT2D eigenvalue weighted by molar-refractivity contribution is 0.0997. The highest BCUT2D eigenvalue weighted by atomic mass is 35.5. The molecule has 2 heterocycles. The van der Waals surface area contributed by atoms with Crippen molar-refractivity contribution in [2.45, 2.75) is 37.8 Å². The zero-order valence-electron chi connectivity index (χ0n) is 18.7. The molecule has 0 aliphatic heterocycles. The van der Waals surface area contributed by atoms with Gasteiger partial charge < -0.3 is 27.4 Å². The van der Waals surface area contributed by atoms with Gasteiger partial charge in [0, 0.05) is 12.1 Å². The summed E-state index contributed by atoms with van der Waals surface area (Å²) in [5, 5.41) is 9.04. The van der Waals surface area contributed by atoms with Gasteiger partial charge in [-0.25, -0.2) is 9.37 Å². The van der Waals surface area contributed by atoms with E-state index in [4.69, 9.17) is 23.1 Å². The number of amides is 2. The molecule has 11 heteroatoms. The van der Waals surface area contributed by atoms with Crippen molar-refractivity contribution in [2.75, 3.05) is 16.0 Å². The van der Waals surface area contributed by atoms with Gasteiger partial charge in [-0.1, -0.05) is 36.6 Å². The Kier molecular flexibility index (Phi) is 7.42. The van der Waals surface area contributed by atoms with E-state index >= 15 is 0 Å². The van der Waals surface area contributed by atoms with Crippen LogP contribution in [0.2, 0.25) is 5.02 Å². The summed E-state index contributed by atoms with van der Waals surface area (Å²) < 4.78 is 14.7. The van der Waals surface area contributed by atoms with Crippen LogP contribution in [0.25, 0.3) is 0 Å². The van der Waals surface area contributed by atoms with E-state index in [1.165, 1.54) is 12.4 Å². The first-order chi connectivity index (χ1) is 16.8. The predicted octanol–water partition coefficient (Wildman–Crippen LogP) is 4.05. The van der Waals surface area contributed by atoms with Crippen LogP contribution in [0.5, 0.6) is 0 Å². The fourth-order valence-electron chi connectivity index (χ4n) is 3.94. The summed E-state index contributed by atoms with van der Waals surface area (Å²) in [6.45, 7) is 0. The molecule has 0 radical (unpaired) electrons. The molecule has 1 aliphatic rings. The van der Waals surface area contributed by atoms with E-state index in [1.54, 1.807) is 30.3 Å². The van der Waals surface area contributed by atoms with Gasteiger partial charge in [-0.05, 0) is 37.1 Å². The number of primary amides is 1. The number of anilines is 4. The van der Waals surface area contributed by atoms with Crippen LogP contribution < -0.4 is 27.4 Å². The summed E-state index contributed by atoms with van der Waals surface area (Å²) in [7, 11) is 0. The Morgan fingerprint density at radius 2 is 1.77 bits per heavy atom. The van der Waals surface area contributed by atoms with Crippen LogP contribution in [0.3, 0.4) is 0 Å². The largest absolute Gasteiger partial charge is 0.365 e. The molecule has 1 aromatic carbocycles. The lowest BCUT2D eigenvalue weighted by Gasteiger charge is -2.30. The van der Waals surface area contributed by atoms with E-state index in [-0.39, 0.29) is 29.3 Å². The molecule has 4 rings (SSSR count). The smallest absolute Gasteiger partial charge is 0.257 e. The molecule has 0 spiro atoms. The van der Waals surface area contributed by atoms with Crippen LogP contribution in [-0.4, -0.2) is 33.9 Å². The number of hydrogen-bond acceptors (Lipinski definition) is 7. The summed E-state index contributed by atoms with van der Waals surface area (Å²) in [6.07, 6.45) is 6.55. The van der Waals surface area contributed by atoms with Crippen molar-refractivity contribution in [2.24, 2.45) is 11.5 Å². The molecule has 3 aromatic rings. The number of benzene rings is 1. The molecule has 0 bridgehead atoms. The highest BCUT2D eigenvalue weighted by molar-refractivity contribution is 6.34. The van der Waals surface area contributed by atoms with Gasteiger partial charge in [0.05, 0.1) is 39.9 Å². The van der Waals surface area contributed by atoms with Gasteiger partial charge in [-0.3, -0.25) is 14.6 Å². The molecule has 182 valence electrons. The first kappa shape index (κ1) is 24.4. The molecule has 1 fully saturated rings. The van der Waals surface area contributed by atoms with Gasteiger partial charge in [-0.2, -0.15) is 0 Å². The van der Waals surface area contributed by atoms with E-state index in [0.717, 1.165) is 31.7 Å². The lowest BCUT2D eigenvalue weighted by Crippen LogP contribution is -2.43. The maximum absolute atomic E-state index is 14.7. The predicted molar refractivity (Wildman–Crippen MR) is 133 cm³/mol. The van der Waals surface area contributed by atoms with E-state index < -0.39 is 17.6 Å². The van der Waals surface area contributed by atoms with Crippen molar-refractivity contribution in [3.63, 3.8) is 0 Å². The van der Waals surface area contributed by atoms with E-state index in [2.05, 4.69) is 25.9 Å². The maximum Gasteiger partial charge on any atom is 0.257 e. The average molecular weight is 498 g/mol. The number of halogens is 2. The molecule has 1 saturated carbocycles. The summed E-state index contributed by atoms with van der Waals surface area (Å²) in [5.41, 5.74) is 12.6. The zero-order chi connectivity index (χ0) is 24.9. The van der Waals surface area contributed by atoms with Crippen molar-refractivity contribution in [1.29, 1.82) is 0 Å². The fraction of sp³-hybridized carbons (Fsp3) is 0.250. The third-order valence-electron chi connectivity index (χ3n) is 5.76. The minimum Gasteiger partial charge on any atom is -0.365 e. The summed E-state index contributed by atoms with van der Waals surface area (Å²) in [5.74, 6) is -1.96. The fourth-order valence-corrected chi connectivity index (χ4v) is 4.17. The topological polar surface area (TPSA) is 148 Å². The molecular weight excluding hydrogens is 473 g/mol. The molecule has 0 saturated heterocycles. The van der Waals surface area contributed by atoms with Crippen LogP contribution in [0, 0.1) is 5.82 Å². The first-order valence-electron chi connectivity index (χ1n) is 11.1. The highest BCUT2D eigenvalue weighted by Crippen LogP contribution is 2.27. The van der Waals surface area contributed by atoms with Crippen molar-refractivity contribution in [1.82, 2.24) is 9.97 Å². The van der Waals surface area contributed by atoms with Gasteiger partial charge in [0.1, 0.15) is 5.82 Å². The average Bonchev–Trinajstić information content (AvgIpc) is 2.82. The number of rotatable bonds is 7. The number of carbonyl (C=O) groups is 2. The van der Waals surface area contributed by atoms with Crippen LogP contribution in [0.1, 0.15) is 46.4 Å². The summed E-state index contributed by atoms with van der Waals surface area (Å²) in [4.78, 5) is 32.9. The van der Waals surface area contributed by atoms with Crippen molar-refractivity contribution >= 4 is 46.4 Å². The van der Waals surface area contributed by atoms with Crippen LogP contribution in [0.4, 0.5) is 27.4 Å². The number of aromatic nitrogens is 2. The molecule has 2 amide bonds. The summed E-state index contributed by atoms with van der Waals surface area (Å²) in [6, 6.07) is 9.00. The van der Waals surface area contributed by atoms with Gasteiger partial charge in [0.15, 0.2) is 11.6 Å². The SMILES string of the molecule is NC(=O)c1cc(F)c(N[C@@H]2CCCC[C@@H]2N)nc1Nc1cncc(NC(=O)c2ccccc2Cl)c1. The van der Waals surface area contributed by atoms with Gasteiger partial charge >= 0.3 is 0 Å². The molecule has 9 nitrogen and oxygen atoms in total. The number of nitrogens with zero attached hydrogens (tertiary/aromatic N) is 2. The van der Waals surface area contributed by atoms with Crippen molar-refractivity contribution < 1.29 is 14.0 Å². The number of carbonyl (C=O) groups excluding carboxylic acids is 2. The summed E-state index contributed by atoms with van der Waals surface area (Å²) >= 11 is 6.09. The Morgan fingerprint density at radius 1 is 1.03 bits per heavy atom. The van der Waals surface area contributed by atoms with Crippen LogP contribution in [-0.2, 0) is 0 Å². The normalized spacial score (nSPS) is 17.5. The molecule has 1 aliphatic carbocycles. The molecule has 35 heavy (non-hydrogen) atoms. The third kappa shape index (κ3) is 5.84. The second-order valence-corrected chi connectivity index (χ2v) is 8.71. The molecular formula is C24H25ClFN7O2. The Morgan fingerprint density at radius 3 is 2.51 bits per heavy atom. The Hall–Kier alpha value is -3.76. The molecule has 2 atom stereocenters. The van der Waals surface area contributed by atoms with Crippen molar-refractivity contribution in [3.05, 3.63) is 70.8 Å². The van der Waals surface area contributed by atoms with Gasteiger partial charge in [-0.15, -0.1) is 0 Å². The van der Waals surface area contributed by atoms with Crippen LogP contribution in [0.15, 0.2) is 48.8 Å². The molecule has 7 N–H and O–H groups in total. The maximum atomic E-state index is 14.7. The molecule has 0 unspecified atom stereocenters. The number of hydrogen-bond donors (Lipinski definition) is 5. The Labute approximate surface area is 206 Å². The minimum atomic E-state index is -0.851. The number of nitrogens with one attached hydrogen (secondary N) is 3. The van der Waals surface area contributed by atoms with Crippen LogP contribution >= 0.6 is 11.6 Å². The van der Waals surface area contributed by atoms with Gasteiger partial charge in [0.25, 0.3) is 11.8 Å². The lowest BCUT2D eigenvalue weighted by atomic mass is 9.91.